The van der Waals surface area contributed by atoms with Crippen molar-refractivity contribution in [2.75, 3.05) is 6.61 Å². The van der Waals surface area contributed by atoms with Gasteiger partial charge < -0.3 is 9.29 Å². The van der Waals surface area contributed by atoms with Gasteiger partial charge in [0.1, 0.15) is 4.75 Å². The zero-order valence-electron chi connectivity index (χ0n) is 12.8. The number of halogens is 4. The minimum Gasteiger partial charge on any atom is -0.598 e. The van der Waals surface area contributed by atoms with E-state index in [1.165, 1.54) is 12.1 Å². The molecule has 3 nitrogen and oxygen atoms in total. The van der Waals surface area contributed by atoms with Gasteiger partial charge in [0.25, 0.3) is 0 Å². The number of benzene rings is 1. The molecule has 0 bridgehead atoms. The molecule has 0 aliphatic heterocycles. The van der Waals surface area contributed by atoms with Crippen LogP contribution in [0.3, 0.4) is 0 Å². The van der Waals surface area contributed by atoms with Gasteiger partial charge in [0.05, 0.1) is 6.04 Å². The maximum Gasteiger partial charge on any atom is 0.422 e. The van der Waals surface area contributed by atoms with E-state index in [4.69, 9.17) is 0 Å². The van der Waals surface area contributed by atoms with Crippen LogP contribution in [0.15, 0.2) is 18.2 Å². The van der Waals surface area contributed by atoms with E-state index in [0.29, 0.717) is 5.56 Å². The van der Waals surface area contributed by atoms with Crippen molar-refractivity contribution in [2.24, 2.45) is 0 Å². The Morgan fingerprint density at radius 1 is 1.27 bits per heavy atom. The van der Waals surface area contributed by atoms with Crippen LogP contribution >= 0.6 is 0 Å². The lowest BCUT2D eigenvalue weighted by atomic mass is 10.1. The first-order chi connectivity index (χ1) is 9.90. The highest BCUT2D eigenvalue weighted by molar-refractivity contribution is 7.90. The van der Waals surface area contributed by atoms with Gasteiger partial charge in [-0.15, -0.1) is 4.72 Å². The second-order valence-electron chi connectivity index (χ2n) is 5.81. The average molecular weight is 341 g/mol. The van der Waals surface area contributed by atoms with Gasteiger partial charge >= 0.3 is 6.18 Å². The molecule has 1 rings (SSSR count). The fourth-order valence-corrected chi connectivity index (χ4v) is 2.28. The number of hydrogen-bond acceptors (Lipinski definition) is 3. The molecule has 0 fully saturated rings. The van der Waals surface area contributed by atoms with E-state index in [-0.39, 0.29) is 0 Å². The van der Waals surface area contributed by atoms with Crippen molar-refractivity contribution >= 4 is 11.4 Å². The van der Waals surface area contributed by atoms with Crippen LogP contribution in [0.25, 0.3) is 0 Å². The predicted octanol–water partition coefficient (Wildman–Crippen LogP) is 3.88. The maximum atomic E-state index is 13.5. The molecular weight excluding hydrogens is 322 g/mol. The van der Waals surface area contributed by atoms with Gasteiger partial charge in [-0.2, -0.15) is 13.2 Å². The third kappa shape index (κ3) is 6.02. The van der Waals surface area contributed by atoms with E-state index in [0.717, 1.165) is 6.07 Å². The fraction of sp³-hybridized carbons (Fsp3) is 0.571. The van der Waals surface area contributed by atoms with Gasteiger partial charge in [-0.25, -0.2) is 4.39 Å². The molecular formula is C14H19F4NO2S. The van der Waals surface area contributed by atoms with Crippen LogP contribution in [0.1, 0.15) is 39.3 Å². The number of alkyl halides is 3. The first-order valence-corrected chi connectivity index (χ1v) is 7.72. The van der Waals surface area contributed by atoms with Crippen LogP contribution in [0.5, 0.6) is 5.75 Å². The molecule has 22 heavy (non-hydrogen) atoms. The summed E-state index contributed by atoms with van der Waals surface area (Å²) in [6.45, 7) is 5.47. The van der Waals surface area contributed by atoms with E-state index in [9.17, 15) is 22.1 Å². The van der Waals surface area contributed by atoms with Crippen LogP contribution in [0, 0.1) is 5.82 Å². The van der Waals surface area contributed by atoms with Gasteiger partial charge in [0.2, 0.25) is 0 Å². The van der Waals surface area contributed by atoms with Crippen LogP contribution in [0.2, 0.25) is 0 Å². The topological polar surface area (TPSA) is 44.3 Å². The van der Waals surface area contributed by atoms with Crippen LogP contribution in [0.4, 0.5) is 17.6 Å². The summed E-state index contributed by atoms with van der Waals surface area (Å²) in [7, 11) is 0. The maximum absolute atomic E-state index is 13.5. The Hall–Kier alpha value is -0.990. The van der Waals surface area contributed by atoms with E-state index < -0.39 is 46.5 Å². The quantitative estimate of drug-likeness (QED) is 0.653. The third-order valence-electron chi connectivity index (χ3n) is 2.69. The Morgan fingerprint density at radius 2 is 1.86 bits per heavy atom. The molecule has 0 amide bonds. The molecule has 1 aromatic carbocycles. The van der Waals surface area contributed by atoms with Gasteiger partial charge in [-0.05, 0) is 45.4 Å². The van der Waals surface area contributed by atoms with E-state index >= 15 is 0 Å². The summed E-state index contributed by atoms with van der Waals surface area (Å²) in [6.07, 6.45) is -4.54. The Kier molecular flexibility index (Phi) is 6.11. The van der Waals surface area contributed by atoms with Crippen LogP contribution < -0.4 is 9.46 Å². The van der Waals surface area contributed by atoms with Crippen LogP contribution in [-0.2, 0) is 11.4 Å². The molecule has 0 radical (unpaired) electrons. The molecule has 1 aromatic rings. The average Bonchev–Trinajstić information content (AvgIpc) is 2.35. The number of rotatable bonds is 5. The number of hydrogen-bond donors (Lipinski definition) is 1. The molecule has 0 aliphatic rings. The standard InChI is InChI=1S/C14H19F4NO2S/c1-9(19-22(20)13(2,3)4)10-5-6-11(15)12(7-10)21-8-14(16,17)18/h5-7,9,19H,8H2,1-4H3. The summed E-state index contributed by atoms with van der Waals surface area (Å²) >= 11 is -1.36. The second-order valence-corrected chi connectivity index (χ2v) is 7.81. The molecule has 0 heterocycles. The first kappa shape index (κ1) is 19.1. The molecule has 0 spiro atoms. The lowest BCUT2D eigenvalue weighted by Crippen LogP contribution is -2.40. The highest BCUT2D eigenvalue weighted by Crippen LogP contribution is 2.26. The monoisotopic (exact) mass is 341 g/mol. The first-order valence-electron chi connectivity index (χ1n) is 6.57. The SMILES string of the molecule is CC(N[S+]([O-])C(C)(C)C)c1ccc(F)c(OCC(F)(F)F)c1. The summed E-state index contributed by atoms with van der Waals surface area (Å²) in [5, 5.41) is 0. The molecule has 8 heteroatoms. The molecule has 0 aromatic heterocycles. The molecule has 0 aliphatic carbocycles. The largest absolute Gasteiger partial charge is 0.598 e. The van der Waals surface area contributed by atoms with E-state index in [2.05, 4.69) is 9.46 Å². The molecule has 0 saturated heterocycles. The van der Waals surface area contributed by atoms with Crippen molar-refractivity contribution in [3.8, 4) is 5.75 Å². The summed E-state index contributed by atoms with van der Waals surface area (Å²) in [5.74, 6) is -1.36. The highest BCUT2D eigenvalue weighted by atomic mass is 32.2. The lowest BCUT2D eigenvalue weighted by Gasteiger charge is -2.26. The number of nitrogens with one attached hydrogen (secondary N) is 1. The van der Waals surface area contributed by atoms with Gasteiger partial charge in [-0.1, -0.05) is 6.07 Å². The number of ether oxygens (including phenoxy) is 1. The predicted molar refractivity (Wildman–Crippen MR) is 77.4 cm³/mol. The minimum atomic E-state index is -4.54. The van der Waals surface area contributed by atoms with Crippen LogP contribution in [-0.4, -0.2) is 22.1 Å². The smallest absolute Gasteiger partial charge is 0.422 e. The summed E-state index contributed by atoms with van der Waals surface area (Å²) in [6, 6.07) is 3.18. The fourth-order valence-electron chi connectivity index (χ4n) is 1.46. The van der Waals surface area contributed by atoms with Crippen molar-refractivity contribution < 1.29 is 26.9 Å². The van der Waals surface area contributed by atoms with E-state index in [1.807, 2.05) is 0 Å². The minimum absolute atomic E-state index is 0.436. The Balaban J connectivity index is 2.83. The molecule has 0 saturated carbocycles. The van der Waals surface area contributed by atoms with Crippen molar-refractivity contribution in [3.05, 3.63) is 29.6 Å². The summed E-state index contributed by atoms with van der Waals surface area (Å²) < 4.78 is 68.7. The Morgan fingerprint density at radius 3 is 2.36 bits per heavy atom. The summed E-state index contributed by atoms with van der Waals surface area (Å²) in [5.41, 5.74) is 0.483. The molecule has 2 unspecified atom stereocenters. The van der Waals surface area contributed by atoms with Crippen molar-refractivity contribution in [1.82, 2.24) is 4.72 Å². The van der Waals surface area contributed by atoms with Crippen molar-refractivity contribution in [3.63, 3.8) is 0 Å². The normalized spacial score (nSPS) is 15.5. The van der Waals surface area contributed by atoms with Gasteiger partial charge in [0.15, 0.2) is 18.2 Å². The molecule has 1 N–H and O–H groups in total. The Bertz CT molecular complexity index is 503. The van der Waals surface area contributed by atoms with Gasteiger partial charge in [-0.3, -0.25) is 0 Å². The van der Waals surface area contributed by atoms with Gasteiger partial charge in [0, 0.05) is 11.4 Å². The van der Waals surface area contributed by atoms with E-state index in [1.54, 1.807) is 27.7 Å². The highest BCUT2D eigenvalue weighted by Gasteiger charge is 2.30. The zero-order valence-corrected chi connectivity index (χ0v) is 13.6. The third-order valence-corrected chi connectivity index (χ3v) is 4.37. The lowest BCUT2D eigenvalue weighted by molar-refractivity contribution is -0.153. The zero-order chi connectivity index (χ0) is 17.1. The second kappa shape index (κ2) is 7.06. The molecule has 126 valence electrons. The summed E-state index contributed by atoms with van der Waals surface area (Å²) in [4.78, 5) is 0. The van der Waals surface area contributed by atoms with Crippen molar-refractivity contribution in [1.29, 1.82) is 0 Å². The Labute approximate surface area is 130 Å². The van der Waals surface area contributed by atoms with Crippen molar-refractivity contribution in [2.45, 2.75) is 44.7 Å². The molecule has 2 atom stereocenters.